The van der Waals surface area contributed by atoms with Crippen LogP contribution in [0.2, 0.25) is 0 Å². The van der Waals surface area contributed by atoms with Gasteiger partial charge in [0.15, 0.2) is 0 Å². The van der Waals surface area contributed by atoms with Gasteiger partial charge in [0, 0.05) is 25.3 Å². The van der Waals surface area contributed by atoms with Gasteiger partial charge in [0.25, 0.3) is 0 Å². The first-order valence-electron chi connectivity index (χ1n) is 7.75. The standard InChI is InChI=1S/C16H25N3/c17-10-13-7-8-15(18-11-13)12-19-9-3-6-16(19)14-4-1-2-5-14/h7-8,11,14,16H,1-6,9-10,12,17H2. The highest BCUT2D eigenvalue weighted by atomic mass is 15.2. The number of nitrogens with two attached hydrogens (primary N) is 1. The Morgan fingerprint density at radius 2 is 2.00 bits per heavy atom. The lowest BCUT2D eigenvalue weighted by Crippen LogP contribution is -2.34. The van der Waals surface area contributed by atoms with Gasteiger partial charge in [0.1, 0.15) is 0 Å². The highest BCUT2D eigenvalue weighted by Crippen LogP contribution is 2.35. The van der Waals surface area contributed by atoms with Gasteiger partial charge < -0.3 is 5.73 Å². The van der Waals surface area contributed by atoms with Crippen molar-refractivity contribution in [3.8, 4) is 0 Å². The quantitative estimate of drug-likeness (QED) is 0.904. The van der Waals surface area contributed by atoms with Gasteiger partial charge in [-0.1, -0.05) is 18.9 Å². The summed E-state index contributed by atoms with van der Waals surface area (Å²) >= 11 is 0. The number of hydrogen-bond donors (Lipinski definition) is 1. The summed E-state index contributed by atoms with van der Waals surface area (Å²) in [7, 11) is 0. The van der Waals surface area contributed by atoms with E-state index >= 15 is 0 Å². The summed E-state index contributed by atoms with van der Waals surface area (Å²) in [6.07, 6.45) is 10.5. The van der Waals surface area contributed by atoms with Gasteiger partial charge in [-0.2, -0.15) is 0 Å². The summed E-state index contributed by atoms with van der Waals surface area (Å²) in [5.41, 5.74) is 7.94. The lowest BCUT2D eigenvalue weighted by atomic mass is 9.96. The molecule has 1 saturated carbocycles. The van der Waals surface area contributed by atoms with Crippen molar-refractivity contribution in [2.24, 2.45) is 11.7 Å². The second kappa shape index (κ2) is 6.02. The molecule has 1 aliphatic carbocycles. The lowest BCUT2D eigenvalue weighted by Gasteiger charge is -2.29. The van der Waals surface area contributed by atoms with E-state index in [4.69, 9.17) is 5.73 Å². The number of likely N-dealkylation sites (tertiary alicyclic amines) is 1. The van der Waals surface area contributed by atoms with Crippen molar-refractivity contribution in [2.75, 3.05) is 6.54 Å². The Bertz CT molecular complexity index is 395. The smallest absolute Gasteiger partial charge is 0.0544 e. The number of rotatable bonds is 4. The summed E-state index contributed by atoms with van der Waals surface area (Å²) in [6, 6.07) is 5.08. The second-order valence-corrected chi connectivity index (χ2v) is 6.09. The molecule has 1 aromatic rings. The van der Waals surface area contributed by atoms with Gasteiger partial charge in [-0.15, -0.1) is 0 Å². The third kappa shape index (κ3) is 2.98. The molecule has 1 atom stereocenters. The summed E-state index contributed by atoms with van der Waals surface area (Å²) in [4.78, 5) is 7.22. The van der Waals surface area contributed by atoms with Crippen LogP contribution in [0.15, 0.2) is 18.3 Å². The molecule has 2 N–H and O–H groups in total. The first kappa shape index (κ1) is 13.1. The van der Waals surface area contributed by atoms with E-state index in [0.29, 0.717) is 6.54 Å². The predicted octanol–water partition coefficient (Wildman–Crippen LogP) is 2.69. The van der Waals surface area contributed by atoms with Crippen LogP contribution in [0.5, 0.6) is 0 Å². The number of pyridine rings is 1. The SMILES string of the molecule is NCc1ccc(CN2CCCC2C2CCCC2)nc1. The summed E-state index contributed by atoms with van der Waals surface area (Å²) < 4.78 is 0. The zero-order chi connectivity index (χ0) is 13.1. The fourth-order valence-electron chi connectivity index (χ4n) is 3.80. The van der Waals surface area contributed by atoms with Crippen molar-refractivity contribution in [1.29, 1.82) is 0 Å². The Kier molecular flexibility index (Phi) is 4.14. The largest absolute Gasteiger partial charge is 0.326 e. The highest BCUT2D eigenvalue weighted by molar-refractivity contribution is 5.14. The van der Waals surface area contributed by atoms with E-state index < -0.39 is 0 Å². The molecule has 0 aromatic carbocycles. The first-order chi connectivity index (χ1) is 9.36. The topological polar surface area (TPSA) is 42.1 Å². The Balaban J connectivity index is 1.63. The molecule has 1 aromatic heterocycles. The molecule has 3 heteroatoms. The second-order valence-electron chi connectivity index (χ2n) is 6.09. The fourth-order valence-corrected chi connectivity index (χ4v) is 3.80. The molecule has 0 amide bonds. The van der Waals surface area contributed by atoms with Crippen LogP contribution >= 0.6 is 0 Å². The molecule has 1 aliphatic heterocycles. The van der Waals surface area contributed by atoms with Crippen molar-refractivity contribution in [3.63, 3.8) is 0 Å². The third-order valence-electron chi connectivity index (χ3n) is 4.84. The average molecular weight is 259 g/mol. The Hall–Kier alpha value is -0.930. The molecule has 0 radical (unpaired) electrons. The normalized spacial score (nSPS) is 25.2. The van der Waals surface area contributed by atoms with Crippen LogP contribution in [0.4, 0.5) is 0 Å². The molecule has 0 bridgehead atoms. The molecule has 3 nitrogen and oxygen atoms in total. The van der Waals surface area contributed by atoms with E-state index in [1.54, 1.807) is 0 Å². The minimum atomic E-state index is 0.585. The van der Waals surface area contributed by atoms with Crippen molar-refractivity contribution in [3.05, 3.63) is 29.6 Å². The predicted molar refractivity (Wildman–Crippen MR) is 77.5 cm³/mol. The molecule has 2 fully saturated rings. The zero-order valence-corrected chi connectivity index (χ0v) is 11.7. The van der Waals surface area contributed by atoms with Crippen LogP contribution in [0.25, 0.3) is 0 Å². The summed E-state index contributed by atoms with van der Waals surface area (Å²) in [5, 5.41) is 0. The van der Waals surface area contributed by atoms with E-state index in [9.17, 15) is 0 Å². The molecule has 1 saturated heterocycles. The molecular formula is C16H25N3. The Morgan fingerprint density at radius 3 is 2.68 bits per heavy atom. The highest BCUT2D eigenvalue weighted by Gasteiger charge is 2.33. The summed E-state index contributed by atoms with van der Waals surface area (Å²) in [5.74, 6) is 0.950. The molecule has 19 heavy (non-hydrogen) atoms. The summed E-state index contributed by atoms with van der Waals surface area (Å²) in [6.45, 7) is 2.86. The van der Waals surface area contributed by atoms with Gasteiger partial charge >= 0.3 is 0 Å². The Morgan fingerprint density at radius 1 is 1.16 bits per heavy atom. The van der Waals surface area contributed by atoms with Gasteiger partial charge in [0.2, 0.25) is 0 Å². The van der Waals surface area contributed by atoms with Gasteiger partial charge in [-0.05, 0) is 49.8 Å². The number of aromatic nitrogens is 1. The van der Waals surface area contributed by atoms with Crippen molar-refractivity contribution < 1.29 is 0 Å². The van der Waals surface area contributed by atoms with E-state index in [1.807, 2.05) is 6.20 Å². The minimum Gasteiger partial charge on any atom is -0.326 e. The first-order valence-corrected chi connectivity index (χ1v) is 7.75. The lowest BCUT2D eigenvalue weighted by molar-refractivity contribution is 0.181. The zero-order valence-electron chi connectivity index (χ0n) is 11.7. The maximum Gasteiger partial charge on any atom is 0.0544 e. The van der Waals surface area contributed by atoms with Crippen molar-refractivity contribution in [1.82, 2.24) is 9.88 Å². The monoisotopic (exact) mass is 259 g/mol. The van der Waals surface area contributed by atoms with Gasteiger partial charge in [0.05, 0.1) is 5.69 Å². The number of hydrogen-bond acceptors (Lipinski definition) is 3. The average Bonchev–Trinajstić information content (AvgIpc) is 3.10. The van der Waals surface area contributed by atoms with Crippen molar-refractivity contribution >= 4 is 0 Å². The van der Waals surface area contributed by atoms with E-state index in [-0.39, 0.29) is 0 Å². The molecule has 1 unspecified atom stereocenters. The van der Waals surface area contributed by atoms with Crippen LogP contribution in [0.3, 0.4) is 0 Å². The van der Waals surface area contributed by atoms with Crippen LogP contribution in [-0.4, -0.2) is 22.5 Å². The third-order valence-corrected chi connectivity index (χ3v) is 4.84. The van der Waals surface area contributed by atoms with Gasteiger partial charge in [-0.25, -0.2) is 0 Å². The maximum absolute atomic E-state index is 5.62. The van der Waals surface area contributed by atoms with Crippen LogP contribution in [0.1, 0.15) is 49.8 Å². The van der Waals surface area contributed by atoms with Crippen LogP contribution < -0.4 is 5.73 Å². The molecule has 2 aliphatic rings. The molecule has 2 heterocycles. The minimum absolute atomic E-state index is 0.585. The van der Waals surface area contributed by atoms with E-state index in [0.717, 1.165) is 24.1 Å². The maximum atomic E-state index is 5.62. The molecule has 3 rings (SSSR count). The van der Waals surface area contributed by atoms with Crippen LogP contribution in [0, 0.1) is 5.92 Å². The van der Waals surface area contributed by atoms with Crippen molar-refractivity contribution in [2.45, 2.75) is 57.7 Å². The van der Waals surface area contributed by atoms with Gasteiger partial charge in [-0.3, -0.25) is 9.88 Å². The van der Waals surface area contributed by atoms with E-state index in [1.165, 1.54) is 50.8 Å². The Labute approximate surface area is 116 Å². The molecule has 0 spiro atoms. The fraction of sp³-hybridized carbons (Fsp3) is 0.688. The molecule has 104 valence electrons. The number of nitrogens with zero attached hydrogens (tertiary/aromatic N) is 2. The molecular weight excluding hydrogens is 234 g/mol. The van der Waals surface area contributed by atoms with Crippen LogP contribution in [-0.2, 0) is 13.1 Å². The van der Waals surface area contributed by atoms with E-state index in [2.05, 4.69) is 22.0 Å².